The van der Waals surface area contributed by atoms with E-state index in [9.17, 15) is 19.2 Å². The quantitative estimate of drug-likeness (QED) is 0.345. The van der Waals surface area contributed by atoms with Crippen LogP contribution in [0.3, 0.4) is 0 Å². The van der Waals surface area contributed by atoms with Gasteiger partial charge in [-0.2, -0.15) is 20.5 Å². The van der Waals surface area contributed by atoms with Gasteiger partial charge in [0.1, 0.15) is 0 Å². The van der Waals surface area contributed by atoms with E-state index in [1.165, 1.54) is 27.9 Å². The van der Waals surface area contributed by atoms with Crippen molar-refractivity contribution in [2.75, 3.05) is 20.8 Å². The molecule has 0 aromatic rings. The Kier molecular flexibility index (Phi) is 8.27. The van der Waals surface area contributed by atoms with E-state index in [1.807, 2.05) is 0 Å². The third kappa shape index (κ3) is 6.45. The van der Waals surface area contributed by atoms with E-state index < -0.39 is 35.5 Å². The van der Waals surface area contributed by atoms with E-state index in [0.29, 0.717) is 0 Å². The maximum Gasteiger partial charge on any atom is 0.255 e. The molecule has 0 saturated heterocycles. The molecule has 0 aliphatic heterocycles. The van der Waals surface area contributed by atoms with Gasteiger partial charge in [0.2, 0.25) is 12.1 Å². The van der Waals surface area contributed by atoms with Crippen LogP contribution in [0.5, 0.6) is 0 Å². The summed E-state index contributed by atoms with van der Waals surface area (Å²) in [4.78, 5) is 45.6. The standard InChI is InChI=1S/C11H18N6O4/c1-6(18)8(16-12-3)10(20)14-5-15-11(21)9(7(2)19)17-13-4/h8-9H,5H2,1-4H3,(H,14,20)(H,15,21). The minimum Gasteiger partial charge on any atom is -0.336 e. The van der Waals surface area contributed by atoms with Crippen molar-refractivity contribution in [2.45, 2.75) is 25.9 Å². The topological polar surface area (TPSA) is 142 Å². The van der Waals surface area contributed by atoms with Crippen LogP contribution in [0.15, 0.2) is 20.5 Å². The first-order valence-electron chi connectivity index (χ1n) is 5.99. The van der Waals surface area contributed by atoms with Crippen LogP contribution < -0.4 is 10.6 Å². The second kappa shape index (κ2) is 9.39. The molecule has 0 bridgehead atoms. The van der Waals surface area contributed by atoms with Gasteiger partial charge < -0.3 is 10.6 Å². The summed E-state index contributed by atoms with van der Waals surface area (Å²) in [7, 11) is 2.66. The summed E-state index contributed by atoms with van der Waals surface area (Å²) >= 11 is 0. The van der Waals surface area contributed by atoms with Crippen LogP contribution in [0.4, 0.5) is 0 Å². The Hall–Kier alpha value is -2.52. The number of carbonyl (C=O) groups excluding carboxylic acids is 4. The largest absolute Gasteiger partial charge is 0.336 e. The third-order valence-corrected chi connectivity index (χ3v) is 2.25. The molecule has 0 aromatic carbocycles. The summed E-state index contributed by atoms with van der Waals surface area (Å²) in [5, 5.41) is 18.3. The van der Waals surface area contributed by atoms with Gasteiger partial charge in [-0.15, -0.1) is 0 Å². The number of nitrogens with zero attached hydrogens (tertiary/aromatic N) is 4. The maximum atomic E-state index is 11.6. The zero-order chi connectivity index (χ0) is 16.4. The summed E-state index contributed by atoms with van der Waals surface area (Å²) in [6.07, 6.45) is 0. The Labute approximate surface area is 121 Å². The lowest BCUT2D eigenvalue weighted by Crippen LogP contribution is -2.46. The van der Waals surface area contributed by atoms with Gasteiger partial charge in [0.15, 0.2) is 11.6 Å². The number of nitrogens with one attached hydrogen (secondary N) is 2. The molecule has 0 heterocycles. The number of amides is 2. The van der Waals surface area contributed by atoms with Gasteiger partial charge in [-0.1, -0.05) is 0 Å². The number of Topliss-reactive ketones (excluding diaryl/α,β-unsaturated/α-hetero) is 2. The van der Waals surface area contributed by atoms with Crippen molar-refractivity contribution in [3.8, 4) is 0 Å². The van der Waals surface area contributed by atoms with Crippen molar-refractivity contribution in [3.05, 3.63) is 0 Å². The predicted octanol–water partition coefficient (Wildman–Crippen LogP) is -0.744. The smallest absolute Gasteiger partial charge is 0.255 e. The zero-order valence-corrected chi connectivity index (χ0v) is 12.3. The molecule has 0 spiro atoms. The third-order valence-electron chi connectivity index (χ3n) is 2.25. The van der Waals surface area contributed by atoms with Crippen LogP contribution in [0.2, 0.25) is 0 Å². The molecule has 0 aliphatic rings. The fraction of sp³-hybridized carbons (Fsp3) is 0.636. The monoisotopic (exact) mass is 298 g/mol. The van der Waals surface area contributed by atoms with E-state index in [4.69, 9.17) is 0 Å². The van der Waals surface area contributed by atoms with E-state index >= 15 is 0 Å². The molecular weight excluding hydrogens is 280 g/mol. The fourth-order valence-electron chi connectivity index (χ4n) is 1.28. The molecule has 2 unspecified atom stereocenters. The van der Waals surface area contributed by atoms with Crippen molar-refractivity contribution in [1.82, 2.24) is 10.6 Å². The highest BCUT2D eigenvalue weighted by Gasteiger charge is 2.24. The lowest BCUT2D eigenvalue weighted by molar-refractivity contribution is -0.129. The first-order valence-corrected chi connectivity index (χ1v) is 5.99. The maximum absolute atomic E-state index is 11.6. The van der Waals surface area contributed by atoms with E-state index in [2.05, 4.69) is 31.1 Å². The van der Waals surface area contributed by atoms with E-state index in [-0.39, 0.29) is 6.67 Å². The normalized spacial score (nSPS) is 13.9. The van der Waals surface area contributed by atoms with Gasteiger partial charge in [0.25, 0.3) is 11.8 Å². The molecule has 21 heavy (non-hydrogen) atoms. The van der Waals surface area contributed by atoms with E-state index in [0.717, 1.165) is 0 Å². The first kappa shape index (κ1) is 18.5. The molecule has 0 rings (SSSR count). The van der Waals surface area contributed by atoms with Gasteiger partial charge in [0, 0.05) is 14.1 Å². The van der Waals surface area contributed by atoms with Gasteiger partial charge in [0.05, 0.1) is 6.67 Å². The number of carbonyl (C=O) groups is 4. The highest BCUT2D eigenvalue weighted by molar-refractivity contribution is 6.05. The van der Waals surface area contributed by atoms with Crippen molar-refractivity contribution >= 4 is 23.4 Å². The van der Waals surface area contributed by atoms with E-state index in [1.54, 1.807) is 0 Å². The van der Waals surface area contributed by atoms with Crippen molar-refractivity contribution in [2.24, 2.45) is 20.5 Å². The van der Waals surface area contributed by atoms with Gasteiger partial charge in [-0.05, 0) is 13.8 Å². The summed E-state index contributed by atoms with van der Waals surface area (Å²) in [6.45, 7) is 2.12. The van der Waals surface area contributed by atoms with Crippen LogP contribution in [-0.4, -0.2) is 56.2 Å². The fourth-order valence-corrected chi connectivity index (χ4v) is 1.28. The predicted molar refractivity (Wildman–Crippen MR) is 71.7 cm³/mol. The number of hydrogen-bond acceptors (Lipinski definition) is 8. The average molecular weight is 298 g/mol. The molecule has 10 nitrogen and oxygen atoms in total. The molecular formula is C11H18N6O4. The van der Waals surface area contributed by atoms with Crippen LogP contribution in [0.1, 0.15) is 13.8 Å². The molecule has 0 aliphatic carbocycles. The summed E-state index contributed by atoms with van der Waals surface area (Å²) in [5.74, 6) is -2.37. The Bertz CT molecular complexity index is 431. The molecule has 116 valence electrons. The van der Waals surface area contributed by atoms with Gasteiger partial charge in [-0.25, -0.2) is 0 Å². The molecule has 2 atom stereocenters. The highest BCUT2D eigenvalue weighted by Crippen LogP contribution is 1.95. The van der Waals surface area contributed by atoms with Crippen LogP contribution in [-0.2, 0) is 19.2 Å². The highest BCUT2D eigenvalue weighted by atomic mass is 16.2. The van der Waals surface area contributed by atoms with Crippen molar-refractivity contribution < 1.29 is 19.2 Å². The van der Waals surface area contributed by atoms with Gasteiger partial charge >= 0.3 is 0 Å². The van der Waals surface area contributed by atoms with Gasteiger partial charge in [-0.3, -0.25) is 19.2 Å². The first-order chi connectivity index (χ1) is 9.84. The number of rotatable bonds is 8. The summed E-state index contributed by atoms with van der Waals surface area (Å²) in [5.41, 5.74) is 0. The summed E-state index contributed by atoms with van der Waals surface area (Å²) in [6, 6.07) is -2.52. The molecule has 0 aromatic heterocycles. The minimum atomic E-state index is -1.26. The van der Waals surface area contributed by atoms with Crippen LogP contribution in [0, 0.1) is 0 Å². The Morgan fingerprint density at radius 1 is 0.810 bits per heavy atom. The second-order valence-corrected chi connectivity index (χ2v) is 3.92. The second-order valence-electron chi connectivity index (χ2n) is 3.92. The zero-order valence-electron chi connectivity index (χ0n) is 12.3. The Morgan fingerprint density at radius 3 is 1.38 bits per heavy atom. The Balaban J connectivity index is 4.48. The SMILES string of the molecule is CN=NC(C(C)=O)C(=O)NCNC(=O)C(N=NC)C(C)=O. The molecule has 0 fully saturated rings. The number of ketones is 2. The lowest BCUT2D eigenvalue weighted by Gasteiger charge is -2.12. The number of azo groups is 2. The summed E-state index contributed by atoms with van der Waals surface area (Å²) < 4.78 is 0. The molecule has 0 saturated carbocycles. The number of hydrogen-bond donors (Lipinski definition) is 2. The average Bonchev–Trinajstić information content (AvgIpc) is 2.40. The minimum absolute atomic E-state index is 0.274. The van der Waals surface area contributed by atoms with Crippen LogP contribution in [0.25, 0.3) is 0 Å². The lowest BCUT2D eigenvalue weighted by atomic mass is 10.2. The molecule has 0 radical (unpaired) electrons. The molecule has 2 N–H and O–H groups in total. The Morgan fingerprint density at radius 2 is 1.14 bits per heavy atom. The molecule has 2 amide bonds. The molecule has 10 heteroatoms. The van der Waals surface area contributed by atoms with Crippen molar-refractivity contribution in [3.63, 3.8) is 0 Å². The van der Waals surface area contributed by atoms with Crippen LogP contribution >= 0.6 is 0 Å². The van der Waals surface area contributed by atoms with Crippen molar-refractivity contribution in [1.29, 1.82) is 0 Å².